The second kappa shape index (κ2) is 8.21. The summed E-state index contributed by atoms with van der Waals surface area (Å²) in [5.41, 5.74) is 0.303. The van der Waals surface area contributed by atoms with Gasteiger partial charge in [0.05, 0.1) is 18.7 Å². The van der Waals surface area contributed by atoms with Crippen molar-refractivity contribution in [3.63, 3.8) is 0 Å². The molecule has 0 aromatic heterocycles. The van der Waals surface area contributed by atoms with E-state index in [0.29, 0.717) is 50.2 Å². The summed E-state index contributed by atoms with van der Waals surface area (Å²) in [6.07, 6.45) is 8.18. The molecule has 1 saturated heterocycles. The van der Waals surface area contributed by atoms with E-state index < -0.39 is 5.66 Å². The molecule has 2 heterocycles. The predicted octanol–water partition coefficient (Wildman–Crippen LogP) is 2.52. The molecule has 7 nitrogen and oxygen atoms in total. The topological polar surface area (TPSA) is 83.4 Å². The second-order valence-corrected chi connectivity index (χ2v) is 6.84. The van der Waals surface area contributed by atoms with Crippen LogP contribution in [-0.2, 0) is 9.59 Å². The van der Waals surface area contributed by atoms with Gasteiger partial charge >= 0.3 is 0 Å². The number of hydrogen-bond donors (Lipinski definition) is 1. The molecule has 0 bridgehead atoms. The Morgan fingerprint density at radius 3 is 2.89 bits per heavy atom. The average Bonchev–Trinajstić information content (AvgIpc) is 3.46. The fourth-order valence-corrected chi connectivity index (χ4v) is 3.34. The first-order chi connectivity index (χ1) is 13.1. The number of piperidine rings is 1. The summed E-state index contributed by atoms with van der Waals surface area (Å²) in [4.78, 5) is 26.6. The highest BCUT2D eigenvalue weighted by atomic mass is 16.5. The number of ether oxygens (including phenoxy) is 1. The fourth-order valence-electron chi connectivity index (χ4n) is 3.34. The summed E-state index contributed by atoms with van der Waals surface area (Å²) in [7, 11) is 1.57. The van der Waals surface area contributed by atoms with Crippen LogP contribution in [0.1, 0.15) is 32.1 Å². The largest absolute Gasteiger partial charge is 0.495 e. The smallest absolute Gasteiger partial charge is 0.227 e. The number of amides is 2. The fraction of sp³-hybridized carbons (Fsp3) is 0.500. The molecule has 27 heavy (non-hydrogen) atoms. The highest BCUT2D eigenvalue weighted by Crippen LogP contribution is 2.36. The molecule has 0 aliphatic carbocycles. The Labute approximate surface area is 159 Å². The van der Waals surface area contributed by atoms with Crippen molar-refractivity contribution in [3.8, 4) is 18.1 Å². The molecule has 142 valence electrons. The van der Waals surface area contributed by atoms with Crippen LogP contribution < -0.4 is 15.0 Å². The minimum atomic E-state index is -0.397. The Balaban J connectivity index is 1.55. The lowest BCUT2D eigenvalue weighted by Crippen LogP contribution is -2.46. The lowest BCUT2D eigenvalue weighted by molar-refractivity contribution is -0.127. The highest BCUT2D eigenvalue weighted by molar-refractivity contribution is 5.97. The molecule has 2 amide bonds. The standard InChI is InChI=1S/C20H24N4O3/c1-3-4-11-20(22-23-20)12-13-21-19(26)15-9-10-18(25)24(14-15)16-7-5-6-8-17(16)27-2/h1,5-8,15H,4,9-14H2,2H3,(H,21,26). The molecule has 0 saturated carbocycles. The van der Waals surface area contributed by atoms with Gasteiger partial charge in [0.1, 0.15) is 5.75 Å². The van der Waals surface area contributed by atoms with Crippen molar-refractivity contribution in [1.29, 1.82) is 0 Å². The Bertz CT molecular complexity index is 778. The maximum Gasteiger partial charge on any atom is 0.227 e. The third-order valence-electron chi connectivity index (χ3n) is 5.03. The summed E-state index contributed by atoms with van der Waals surface area (Å²) in [5.74, 6) is 2.93. The maximum atomic E-state index is 12.6. The quantitative estimate of drug-likeness (QED) is 0.716. The first kappa shape index (κ1) is 18.9. The molecule has 2 aliphatic rings. The minimum Gasteiger partial charge on any atom is -0.495 e. The van der Waals surface area contributed by atoms with E-state index in [2.05, 4.69) is 21.5 Å². The normalized spacial score (nSPS) is 20.1. The summed E-state index contributed by atoms with van der Waals surface area (Å²) >= 11 is 0. The van der Waals surface area contributed by atoms with Crippen molar-refractivity contribution in [2.45, 2.75) is 37.8 Å². The van der Waals surface area contributed by atoms with E-state index in [4.69, 9.17) is 11.2 Å². The Kier molecular flexibility index (Phi) is 5.75. The van der Waals surface area contributed by atoms with Crippen molar-refractivity contribution in [1.82, 2.24) is 5.32 Å². The van der Waals surface area contributed by atoms with Gasteiger partial charge in [0, 0.05) is 38.8 Å². The first-order valence-electron chi connectivity index (χ1n) is 9.17. The first-order valence-corrected chi connectivity index (χ1v) is 9.17. The number of carbonyl (C=O) groups excluding carboxylic acids is 2. The summed E-state index contributed by atoms with van der Waals surface area (Å²) < 4.78 is 5.35. The number of methoxy groups -OCH3 is 1. The number of nitrogens with zero attached hydrogens (tertiary/aromatic N) is 3. The van der Waals surface area contributed by atoms with Gasteiger partial charge in [-0.15, -0.1) is 12.3 Å². The molecule has 1 fully saturated rings. The SMILES string of the molecule is C#CCCC1(CCNC(=O)C2CCC(=O)N(c3ccccc3OC)C2)N=N1. The van der Waals surface area contributed by atoms with E-state index in [1.165, 1.54) is 0 Å². The number of carbonyl (C=O) groups is 2. The number of terminal acetylenes is 1. The van der Waals surface area contributed by atoms with E-state index >= 15 is 0 Å². The lowest BCUT2D eigenvalue weighted by Gasteiger charge is -2.32. The second-order valence-electron chi connectivity index (χ2n) is 6.84. The molecular weight excluding hydrogens is 344 g/mol. The van der Waals surface area contributed by atoms with Gasteiger partial charge in [-0.2, -0.15) is 10.2 Å². The van der Waals surface area contributed by atoms with Gasteiger partial charge in [-0.3, -0.25) is 9.59 Å². The van der Waals surface area contributed by atoms with Crippen LogP contribution in [0.4, 0.5) is 5.69 Å². The maximum absolute atomic E-state index is 12.6. The third kappa shape index (κ3) is 4.45. The summed E-state index contributed by atoms with van der Waals surface area (Å²) in [6.45, 7) is 0.845. The number of anilines is 1. The zero-order valence-electron chi connectivity index (χ0n) is 15.5. The van der Waals surface area contributed by atoms with Gasteiger partial charge < -0.3 is 15.0 Å². The van der Waals surface area contributed by atoms with Crippen LogP contribution in [0.25, 0.3) is 0 Å². The molecule has 1 aromatic carbocycles. The van der Waals surface area contributed by atoms with Crippen LogP contribution in [0.5, 0.6) is 5.75 Å². The zero-order valence-corrected chi connectivity index (χ0v) is 15.5. The van der Waals surface area contributed by atoms with Crippen molar-refractivity contribution < 1.29 is 14.3 Å². The van der Waals surface area contributed by atoms with Gasteiger partial charge in [-0.1, -0.05) is 12.1 Å². The minimum absolute atomic E-state index is 0.00682. The molecule has 3 rings (SSSR count). The van der Waals surface area contributed by atoms with Crippen molar-refractivity contribution in [3.05, 3.63) is 24.3 Å². The Morgan fingerprint density at radius 1 is 1.41 bits per heavy atom. The Hall–Kier alpha value is -2.88. The van der Waals surface area contributed by atoms with Gasteiger partial charge in [0.15, 0.2) is 5.66 Å². The van der Waals surface area contributed by atoms with Crippen LogP contribution in [0.2, 0.25) is 0 Å². The average molecular weight is 368 g/mol. The van der Waals surface area contributed by atoms with Gasteiger partial charge in [-0.05, 0) is 18.6 Å². The summed E-state index contributed by atoms with van der Waals surface area (Å²) in [6, 6.07) is 7.35. The van der Waals surface area contributed by atoms with Crippen LogP contribution in [-0.4, -0.2) is 37.7 Å². The predicted molar refractivity (Wildman–Crippen MR) is 101 cm³/mol. The molecule has 0 radical (unpaired) electrons. The van der Waals surface area contributed by atoms with E-state index in [1.807, 2.05) is 24.3 Å². The molecule has 0 spiro atoms. The highest BCUT2D eigenvalue weighted by Gasteiger charge is 2.39. The van der Waals surface area contributed by atoms with E-state index in [0.717, 1.165) is 6.42 Å². The van der Waals surface area contributed by atoms with E-state index in [1.54, 1.807) is 12.0 Å². The molecular formula is C20H24N4O3. The van der Waals surface area contributed by atoms with E-state index in [9.17, 15) is 9.59 Å². The van der Waals surface area contributed by atoms with Crippen LogP contribution in [0.3, 0.4) is 0 Å². The number of hydrogen-bond acceptors (Lipinski definition) is 5. The van der Waals surface area contributed by atoms with E-state index in [-0.39, 0.29) is 17.7 Å². The molecule has 1 unspecified atom stereocenters. The van der Waals surface area contributed by atoms with Crippen molar-refractivity contribution in [2.24, 2.45) is 16.1 Å². The van der Waals surface area contributed by atoms with Gasteiger partial charge in [0.2, 0.25) is 11.8 Å². The van der Waals surface area contributed by atoms with Crippen LogP contribution >= 0.6 is 0 Å². The molecule has 1 N–H and O–H groups in total. The summed E-state index contributed by atoms with van der Waals surface area (Å²) in [5, 5.41) is 11.1. The number of benzene rings is 1. The number of rotatable bonds is 8. The molecule has 1 aromatic rings. The Morgan fingerprint density at radius 2 is 2.19 bits per heavy atom. The third-order valence-corrected chi connectivity index (χ3v) is 5.03. The molecule has 7 heteroatoms. The number of nitrogens with one attached hydrogen (secondary N) is 1. The van der Waals surface area contributed by atoms with Crippen LogP contribution in [0, 0.1) is 18.3 Å². The van der Waals surface area contributed by atoms with Gasteiger partial charge in [0.25, 0.3) is 0 Å². The van der Waals surface area contributed by atoms with Crippen molar-refractivity contribution >= 4 is 17.5 Å². The van der Waals surface area contributed by atoms with Gasteiger partial charge in [-0.25, -0.2) is 0 Å². The zero-order chi connectivity index (χ0) is 19.3. The molecule has 2 aliphatic heterocycles. The van der Waals surface area contributed by atoms with Crippen molar-refractivity contribution in [2.75, 3.05) is 25.1 Å². The van der Waals surface area contributed by atoms with Crippen LogP contribution in [0.15, 0.2) is 34.5 Å². The molecule has 1 atom stereocenters. The number of para-hydroxylation sites is 2. The lowest BCUT2D eigenvalue weighted by atomic mass is 9.95. The monoisotopic (exact) mass is 368 g/mol.